The Hall–Kier alpha value is 2.60. The van der Waals surface area contributed by atoms with Gasteiger partial charge in [0, 0.05) is 0 Å². The summed E-state index contributed by atoms with van der Waals surface area (Å²) in [6, 6.07) is 0. The van der Waals surface area contributed by atoms with E-state index in [0.29, 0.717) is 0 Å². The van der Waals surface area contributed by atoms with Crippen LogP contribution >= 0.6 is 0 Å². The van der Waals surface area contributed by atoms with Gasteiger partial charge in [0.25, 0.3) is 0 Å². The molecule has 0 aromatic heterocycles. The SMILES string of the molecule is [Al+3].[Al+3].[Al+3].[Na+]. The summed E-state index contributed by atoms with van der Waals surface area (Å²) in [6.45, 7) is 0. The van der Waals surface area contributed by atoms with Gasteiger partial charge in [0.1, 0.15) is 0 Å². The molecule has 0 aliphatic rings. The van der Waals surface area contributed by atoms with Crippen LogP contribution < -0.4 is 29.6 Å². The average Bonchev–Trinajstić information content (AvgIpc) is 0. The predicted octanol–water partition coefficient (Wildman–Crippen LogP) is -4.14. The van der Waals surface area contributed by atoms with Gasteiger partial charge in [0.2, 0.25) is 0 Å². The maximum absolute atomic E-state index is 0. The molecule has 0 fully saturated rings. The van der Waals surface area contributed by atoms with Crippen molar-refractivity contribution >= 4 is 52.1 Å². The molecule has 0 valence electrons. The first kappa shape index (κ1) is 30.6. The van der Waals surface area contributed by atoms with Gasteiger partial charge in [-0.15, -0.1) is 0 Å². The second-order valence-corrected chi connectivity index (χ2v) is 0. The summed E-state index contributed by atoms with van der Waals surface area (Å²) >= 11 is 0. The molecule has 0 aliphatic carbocycles. The molecule has 0 spiro atoms. The van der Waals surface area contributed by atoms with Crippen LogP contribution in [0.15, 0.2) is 0 Å². The Bertz CT molecular complexity index is 3.25. The zero-order valence-electron chi connectivity index (χ0n) is 2.73. The molecule has 0 aromatic carbocycles. The Morgan fingerprint density at radius 2 is 0.500 bits per heavy atom. The maximum Gasteiger partial charge on any atom is 3.00 e. The van der Waals surface area contributed by atoms with Crippen LogP contribution in [0.4, 0.5) is 0 Å². The topological polar surface area (TPSA) is 0 Å². The van der Waals surface area contributed by atoms with Gasteiger partial charge in [-0.05, 0) is 0 Å². The molecule has 0 N–H and O–H groups in total. The van der Waals surface area contributed by atoms with E-state index in [-0.39, 0.29) is 81.6 Å². The van der Waals surface area contributed by atoms with Gasteiger partial charge in [0.15, 0.2) is 0 Å². The number of hydrogen-bond donors (Lipinski definition) is 0. The van der Waals surface area contributed by atoms with Crippen LogP contribution in [0.5, 0.6) is 0 Å². The van der Waals surface area contributed by atoms with Crippen molar-refractivity contribution in [2.75, 3.05) is 0 Å². The van der Waals surface area contributed by atoms with Gasteiger partial charge in [-0.1, -0.05) is 0 Å². The first-order chi connectivity index (χ1) is 0. The van der Waals surface area contributed by atoms with E-state index in [1.54, 1.807) is 0 Å². The summed E-state index contributed by atoms with van der Waals surface area (Å²) < 4.78 is 0. The van der Waals surface area contributed by atoms with Crippen molar-refractivity contribution in [1.82, 2.24) is 0 Å². The van der Waals surface area contributed by atoms with E-state index in [9.17, 15) is 0 Å². The molecular formula is Al3Na+10. The second-order valence-electron chi connectivity index (χ2n) is 0. The van der Waals surface area contributed by atoms with Crippen LogP contribution in [0.3, 0.4) is 0 Å². The zero-order valence-corrected chi connectivity index (χ0v) is 8.20. The quantitative estimate of drug-likeness (QED) is 0.274. The van der Waals surface area contributed by atoms with Crippen LogP contribution in [0.25, 0.3) is 0 Å². The van der Waals surface area contributed by atoms with E-state index < -0.39 is 0 Å². The second kappa shape index (κ2) is 17.5. The molecule has 0 aromatic rings. The number of hydrogen-bond acceptors (Lipinski definition) is 0. The summed E-state index contributed by atoms with van der Waals surface area (Å²) in [7, 11) is 0. The Balaban J connectivity index is 0. The first-order valence-corrected chi connectivity index (χ1v) is 0. The first-order valence-electron chi connectivity index (χ1n) is 0. The summed E-state index contributed by atoms with van der Waals surface area (Å²) in [5.41, 5.74) is 0. The minimum absolute atomic E-state index is 0. The zero-order chi connectivity index (χ0) is 0. The standard InChI is InChI=1S/3Al.Na/q3*+3;+1. The molecule has 0 nitrogen and oxygen atoms in total. The fourth-order valence-electron chi connectivity index (χ4n) is 0. The molecule has 0 heterocycles. The van der Waals surface area contributed by atoms with Gasteiger partial charge in [0.05, 0.1) is 0 Å². The third-order valence-electron chi connectivity index (χ3n) is 0. The predicted molar refractivity (Wildman–Crippen MR) is 17.3 cm³/mol. The molecule has 0 saturated carbocycles. The van der Waals surface area contributed by atoms with Gasteiger partial charge in [-0.3, -0.25) is 0 Å². The van der Waals surface area contributed by atoms with Gasteiger partial charge < -0.3 is 0 Å². The molecule has 0 unspecified atom stereocenters. The van der Waals surface area contributed by atoms with Crippen molar-refractivity contribution in [3.05, 3.63) is 0 Å². The van der Waals surface area contributed by atoms with Crippen LogP contribution in [0.1, 0.15) is 0 Å². The smallest absolute Gasteiger partial charge is 1.00 e. The third kappa shape index (κ3) is 8.82. The Kier molecular flexibility index (Phi) is 134. The van der Waals surface area contributed by atoms with Gasteiger partial charge >= 0.3 is 81.6 Å². The van der Waals surface area contributed by atoms with Crippen molar-refractivity contribution in [3.8, 4) is 0 Å². The van der Waals surface area contributed by atoms with E-state index in [1.165, 1.54) is 0 Å². The average molecular weight is 104 g/mol. The van der Waals surface area contributed by atoms with Crippen molar-refractivity contribution in [3.63, 3.8) is 0 Å². The summed E-state index contributed by atoms with van der Waals surface area (Å²) in [4.78, 5) is 0. The van der Waals surface area contributed by atoms with Crippen molar-refractivity contribution in [2.45, 2.75) is 0 Å². The van der Waals surface area contributed by atoms with Crippen molar-refractivity contribution < 1.29 is 29.6 Å². The van der Waals surface area contributed by atoms with Crippen molar-refractivity contribution in [2.24, 2.45) is 0 Å². The minimum Gasteiger partial charge on any atom is 1.00 e. The molecule has 4 heavy (non-hydrogen) atoms. The van der Waals surface area contributed by atoms with Crippen LogP contribution in [0, 0.1) is 0 Å². The van der Waals surface area contributed by atoms with Crippen molar-refractivity contribution in [1.29, 1.82) is 0 Å². The number of rotatable bonds is 0. The van der Waals surface area contributed by atoms with E-state index >= 15 is 0 Å². The van der Waals surface area contributed by atoms with E-state index in [0.717, 1.165) is 0 Å². The molecule has 4 heteroatoms. The molecule has 0 atom stereocenters. The summed E-state index contributed by atoms with van der Waals surface area (Å²) in [5.74, 6) is 0. The summed E-state index contributed by atoms with van der Waals surface area (Å²) in [5, 5.41) is 0. The summed E-state index contributed by atoms with van der Waals surface area (Å²) in [6.07, 6.45) is 0. The molecule has 0 amide bonds. The largest absolute Gasteiger partial charge is 3.00 e. The maximum atomic E-state index is 0. The van der Waals surface area contributed by atoms with Gasteiger partial charge in [-0.2, -0.15) is 0 Å². The molecular weight excluding hydrogens is 104 g/mol. The van der Waals surface area contributed by atoms with Crippen LogP contribution in [0.2, 0.25) is 0 Å². The van der Waals surface area contributed by atoms with E-state index in [2.05, 4.69) is 0 Å². The van der Waals surface area contributed by atoms with Gasteiger partial charge in [-0.25, -0.2) is 0 Å². The Morgan fingerprint density at radius 1 is 0.500 bits per heavy atom. The molecule has 0 aliphatic heterocycles. The minimum atomic E-state index is 0. The molecule has 0 radical (unpaired) electrons. The fourth-order valence-corrected chi connectivity index (χ4v) is 0. The monoisotopic (exact) mass is 104 g/mol. The normalized spacial score (nSPS) is 0. The Morgan fingerprint density at radius 3 is 0.500 bits per heavy atom. The molecule has 0 bridgehead atoms. The molecule has 0 rings (SSSR count). The third-order valence-corrected chi connectivity index (χ3v) is 0. The van der Waals surface area contributed by atoms with Crippen LogP contribution in [-0.2, 0) is 0 Å². The Labute approximate surface area is 80.4 Å². The fraction of sp³-hybridized carbons (Fsp3) is 0. The van der Waals surface area contributed by atoms with E-state index in [4.69, 9.17) is 0 Å². The van der Waals surface area contributed by atoms with Crippen LogP contribution in [-0.4, -0.2) is 52.1 Å². The van der Waals surface area contributed by atoms with E-state index in [1.807, 2.05) is 0 Å². The molecule has 0 saturated heterocycles.